The van der Waals surface area contributed by atoms with Crippen LogP contribution in [0, 0.1) is 56.2 Å². The minimum Gasteiger partial charge on any atom is -0.392 e. The lowest BCUT2D eigenvalue weighted by Gasteiger charge is -2.73. The van der Waals surface area contributed by atoms with Gasteiger partial charge in [0.2, 0.25) is 0 Å². The third kappa shape index (κ3) is 2.70. The van der Waals surface area contributed by atoms with E-state index in [1.165, 1.54) is 51.4 Å². The molecule has 6 aliphatic rings. The van der Waals surface area contributed by atoms with Gasteiger partial charge in [0.15, 0.2) is 0 Å². The second kappa shape index (κ2) is 6.83. The van der Waals surface area contributed by atoms with Gasteiger partial charge in [-0.2, -0.15) is 0 Å². The summed E-state index contributed by atoms with van der Waals surface area (Å²) in [4.78, 5) is 0.214. The lowest BCUT2D eigenvalue weighted by molar-refractivity contribution is -0.248. The molecule has 1 aliphatic heterocycles. The van der Waals surface area contributed by atoms with E-state index in [1.54, 1.807) is 0 Å². The number of alkyl halides is 1. The SMILES string of the molecule is CC1(C)CC[C@]23CC[C@]4(C)[C@@H](CC[C@@H]5[C@@]6(C)C[C@H](O)[C@@H](Br)C(C)(C)[C@@H]6CC[C@]54C)[C@@H]2[C@H]1OC3. The third-order valence-electron chi connectivity index (χ3n) is 14.0. The van der Waals surface area contributed by atoms with Crippen LogP contribution >= 0.6 is 15.9 Å². The van der Waals surface area contributed by atoms with Crippen LogP contribution in [0.4, 0.5) is 0 Å². The molecule has 0 aromatic heterocycles. The number of aliphatic hydroxyl groups excluding tert-OH is 1. The molecule has 188 valence electrons. The molecule has 1 saturated heterocycles. The summed E-state index contributed by atoms with van der Waals surface area (Å²) in [5.41, 5.74) is 1.96. The minimum absolute atomic E-state index is 0.141. The van der Waals surface area contributed by atoms with Crippen LogP contribution in [0.25, 0.3) is 0 Å². The summed E-state index contributed by atoms with van der Waals surface area (Å²) < 4.78 is 6.71. The molecule has 1 heterocycles. The minimum atomic E-state index is -0.229. The van der Waals surface area contributed by atoms with E-state index >= 15 is 0 Å². The van der Waals surface area contributed by atoms with Gasteiger partial charge >= 0.3 is 0 Å². The van der Waals surface area contributed by atoms with Crippen LogP contribution in [0.2, 0.25) is 0 Å². The maximum atomic E-state index is 11.2. The summed E-state index contributed by atoms with van der Waals surface area (Å²) in [7, 11) is 0. The fraction of sp³-hybridized carbons (Fsp3) is 1.00. The predicted molar refractivity (Wildman–Crippen MR) is 138 cm³/mol. The van der Waals surface area contributed by atoms with Crippen LogP contribution in [-0.2, 0) is 4.74 Å². The maximum absolute atomic E-state index is 11.2. The van der Waals surface area contributed by atoms with Gasteiger partial charge in [0.1, 0.15) is 0 Å². The van der Waals surface area contributed by atoms with Crippen molar-refractivity contribution >= 4 is 15.9 Å². The number of rotatable bonds is 0. The van der Waals surface area contributed by atoms with Gasteiger partial charge in [-0.1, -0.05) is 64.4 Å². The molecule has 6 rings (SSSR count). The summed E-state index contributed by atoms with van der Waals surface area (Å²) in [6, 6.07) is 0. The number of fused-ring (bicyclic) bond motifs is 5. The number of hydrogen-bond acceptors (Lipinski definition) is 2. The molecule has 5 aliphatic carbocycles. The van der Waals surface area contributed by atoms with Crippen LogP contribution in [0.3, 0.4) is 0 Å². The highest BCUT2D eigenvalue weighted by molar-refractivity contribution is 9.09. The summed E-state index contributed by atoms with van der Waals surface area (Å²) in [5, 5.41) is 11.2. The standard InChI is InChI=1S/C30H49BrO2/c1-25(2)12-14-30-15-13-28(6)18(22(30)24(25)33-17-30)8-9-21-27(5)16-19(32)23(31)26(3,4)20(27)10-11-29(21,28)7/h18-24,32H,8-17H2,1-7H3/t18-,19-,20-,21+,22+,23+,24+,27-,28+,29+,30+/m0/s1. The number of ether oxygens (including phenoxy) is 1. The first-order chi connectivity index (χ1) is 15.2. The van der Waals surface area contributed by atoms with E-state index in [1.807, 2.05) is 0 Å². The molecule has 11 atom stereocenters. The zero-order valence-corrected chi connectivity index (χ0v) is 23.9. The van der Waals surface area contributed by atoms with Gasteiger partial charge in [0.05, 0.1) is 18.8 Å². The summed E-state index contributed by atoms with van der Waals surface area (Å²) in [6.45, 7) is 18.9. The van der Waals surface area contributed by atoms with Crippen LogP contribution in [-0.4, -0.2) is 28.7 Å². The van der Waals surface area contributed by atoms with Crippen LogP contribution < -0.4 is 0 Å². The Hall–Kier alpha value is 0.400. The van der Waals surface area contributed by atoms with Gasteiger partial charge in [0, 0.05) is 4.83 Å². The molecule has 6 fully saturated rings. The van der Waals surface area contributed by atoms with Gasteiger partial charge in [-0.15, -0.1) is 0 Å². The normalized spacial score (nSPS) is 60.8. The van der Waals surface area contributed by atoms with E-state index in [2.05, 4.69) is 64.4 Å². The largest absolute Gasteiger partial charge is 0.392 e. The Labute approximate surface area is 211 Å². The molecule has 2 nitrogen and oxygen atoms in total. The van der Waals surface area contributed by atoms with E-state index in [0.29, 0.717) is 33.7 Å². The van der Waals surface area contributed by atoms with Gasteiger partial charge in [-0.3, -0.25) is 0 Å². The lowest BCUT2D eigenvalue weighted by Crippen LogP contribution is -2.68. The Morgan fingerprint density at radius 1 is 0.788 bits per heavy atom. The van der Waals surface area contributed by atoms with Crippen molar-refractivity contribution in [2.75, 3.05) is 6.61 Å². The van der Waals surface area contributed by atoms with E-state index < -0.39 is 0 Å². The van der Waals surface area contributed by atoms with E-state index in [0.717, 1.165) is 30.8 Å². The van der Waals surface area contributed by atoms with Crippen LogP contribution in [0.1, 0.15) is 106 Å². The number of aliphatic hydroxyl groups is 1. The zero-order valence-electron chi connectivity index (χ0n) is 22.3. The van der Waals surface area contributed by atoms with Crippen molar-refractivity contribution in [3.8, 4) is 0 Å². The molecule has 0 unspecified atom stereocenters. The first-order valence-electron chi connectivity index (χ1n) is 14.2. The van der Waals surface area contributed by atoms with Crippen LogP contribution in [0.15, 0.2) is 0 Å². The van der Waals surface area contributed by atoms with Crippen molar-refractivity contribution in [1.29, 1.82) is 0 Å². The van der Waals surface area contributed by atoms with Gasteiger partial charge < -0.3 is 9.84 Å². The van der Waals surface area contributed by atoms with E-state index in [-0.39, 0.29) is 21.8 Å². The molecule has 33 heavy (non-hydrogen) atoms. The second-order valence-electron chi connectivity index (χ2n) is 15.8. The summed E-state index contributed by atoms with van der Waals surface area (Å²) >= 11 is 3.93. The van der Waals surface area contributed by atoms with Gasteiger partial charge in [-0.25, -0.2) is 0 Å². The zero-order chi connectivity index (χ0) is 23.8. The second-order valence-corrected chi connectivity index (χ2v) is 16.8. The maximum Gasteiger partial charge on any atom is 0.0675 e. The molecule has 0 aromatic rings. The molecule has 0 aromatic carbocycles. The van der Waals surface area contributed by atoms with Crippen molar-refractivity contribution in [3.05, 3.63) is 0 Å². The monoisotopic (exact) mass is 520 g/mol. The first kappa shape index (κ1) is 23.8. The average molecular weight is 522 g/mol. The Morgan fingerprint density at radius 2 is 1.48 bits per heavy atom. The highest BCUT2D eigenvalue weighted by atomic mass is 79.9. The Balaban J connectivity index is 1.40. The molecule has 0 spiro atoms. The highest BCUT2D eigenvalue weighted by Gasteiger charge is 2.73. The Morgan fingerprint density at radius 3 is 2.21 bits per heavy atom. The molecule has 3 heteroatoms. The molecule has 0 radical (unpaired) electrons. The number of hydrogen-bond donors (Lipinski definition) is 1. The topological polar surface area (TPSA) is 29.5 Å². The van der Waals surface area contributed by atoms with Gasteiger partial charge in [-0.05, 0) is 114 Å². The molecule has 2 bridgehead atoms. The Kier molecular flexibility index (Phi) is 4.92. The lowest BCUT2D eigenvalue weighted by atomic mass is 9.31. The van der Waals surface area contributed by atoms with Crippen molar-refractivity contribution in [3.63, 3.8) is 0 Å². The van der Waals surface area contributed by atoms with Gasteiger partial charge in [0.25, 0.3) is 0 Å². The molecule has 5 saturated carbocycles. The van der Waals surface area contributed by atoms with Crippen molar-refractivity contribution in [2.24, 2.45) is 56.2 Å². The van der Waals surface area contributed by atoms with E-state index in [9.17, 15) is 5.11 Å². The first-order valence-corrected chi connectivity index (χ1v) is 15.1. The van der Waals surface area contributed by atoms with E-state index in [4.69, 9.17) is 4.74 Å². The van der Waals surface area contributed by atoms with Crippen molar-refractivity contribution in [2.45, 2.75) is 123 Å². The molecule has 1 N–H and O–H groups in total. The fourth-order valence-electron chi connectivity index (χ4n) is 12.1. The van der Waals surface area contributed by atoms with Crippen LogP contribution in [0.5, 0.6) is 0 Å². The smallest absolute Gasteiger partial charge is 0.0675 e. The summed E-state index contributed by atoms with van der Waals surface area (Å²) in [5.74, 6) is 3.00. The fourth-order valence-corrected chi connectivity index (χ4v) is 12.6. The Bertz CT molecular complexity index is 837. The molecule has 0 amide bonds. The number of halogens is 1. The molecular weight excluding hydrogens is 472 g/mol. The van der Waals surface area contributed by atoms with Crippen molar-refractivity contribution in [1.82, 2.24) is 0 Å². The quantitative estimate of drug-likeness (QED) is 0.333. The summed E-state index contributed by atoms with van der Waals surface area (Å²) in [6.07, 6.45) is 12.2. The van der Waals surface area contributed by atoms with Crippen molar-refractivity contribution < 1.29 is 9.84 Å². The highest BCUT2D eigenvalue weighted by Crippen LogP contribution is 2.78. The average Bonchev–Trinajstić information content (AvgIpc) is 3.06. The third-order valence-corrected chi connectivity index (χ3v) is 15.8. The molecular formula is C30H49BrO2. The predicted octanol–water partition coefficient (Wildman–Crippen LogP) is 7.61.